The third-order valence-electron chi connectivity index (χ3n) is 2.22. The average molecular weight is 276 g/mol. The van der Waals surface area contributed by atoms with Gasteiger partial charge in [0.1, 0.15) is 5.92 Å². The number of benzene rings is 1. The molecule has 1 aromatic carbocycles. The van der Waals surface area contributed by atoms with E-state index >= 15 is 0 Å². The van der Waals surface area contributed by atoms with Gasteiger partial charge in [-0.05, 0) is 17.8 Å². The van der Waals surface area contributed by atoms with Gasteiger partial charge in [0.2, 0.25) is 0 Å². The van der Waals surface area contributed by atoms with Crippen LogP contribution in [0.1, 0.15) is 11.5 Å². The largest absolute Gasteiger partial charge is 0.464 e. The Bertz CT molecular complexity index is 536. The number of hydrogen-bond acceptors (Lipinski definition) is 5. The number of nitriles is 1. The predicted molar refractivity (Wildman–Crippen MR) is 74.2 cm³/mol. The summed E-state index contributed by atoms with van der Waals surface area (Å²) in [5, 5.41) is 12.9. The molecular weight excluding hydrogens is 264 g/mol. The Balaban J connectivity index is 3.15. The summed E-state index contributed by atoms with van der Waals surface area (Å²) in [5.41, 5.74) is 8.05. The van der Waals surface area contributed by atoms with Gasteiger partial charge in [0.15, 0.2) is 10.8 Å². The molecule has 6 nitrogen and oxygen atoms in total. The number of nitrogens with two attached hydrogens (primary N) is 1. The van der Waals surface area contributed by atoms with Crippen LogP contribution in [0.2, 0.25) is 0 Å². The molecular formula is C12H12N4O2S. The van der Waals surface area contributed by atoms with Crippen molar-refractivity contribution in [1.82, 2.24) is 5.43 Å². The first-order valence-corrected chi connectivity index (χ1v) is 5.67. The fraction of sp³-hybridized carbons (Fsp3) is 0.167. The highest BCUT2D eigenvalue weighted by Crippen LogP contribution is 2.17. The molecule has 98 valence electrons. The zero-order valence-corrected chi connectivity index (χ0v) is 11.0. The second-order valence-corrected chi connectivity index (χ2v) is 3.88. The number of thiocarbonyl (C=S) groups is 1. The van der Waals surface area contributed by atoms with Crippen LogP contribution in [0.15, 0.2) is 35.4 Å². The van der Waals surface area contributed by atoms with Crippen molar-refractivity contribution >= 4 is 29.0 Å². The zero-order valence-electron chi connectivity index (χ0n) is 10.2. The Morgan fingerprint density at radius 1 is 1.53 bits per heavy atom. The van der Waals surface area contributed by atoms with Crippen LogP contribution in [0.25, 0.3) is 0 Å². The van der Waals surface area contributed by atoms with Gasteiger partial charge in [-0.25, -0.2) is 4.79 Å². The molecule has 0 spiro atoms. The van der Waals surface area contributed by atoms with E-state index in [4.69, 9.17) is 5.73 Å². The molecule has 0 saturated carbocycles. The van der Waals surface area contributed by atoms with Crippen molar-refractivity contribution in [3.8, 4) is 6.07 Å². The van der Waals surface area contributed by atoms with Gasteiger partial charge in [-0.3, -0.25) is 5.43 Å². The third-order valence-corrected chi connectivity index (χ3v) is 2.31. The van der Waals surface area contributed by atoms with E-state index in [1.54, 1.807) is 30.3 Å². The van der Waals surface area contributed by atoms with Gasteiger partial charge in [0.25, 0.3) is 0 Å². The van der Waals surface area contributed by atoms with Gasteiger partial charge in [0, 0.05) is 0 Å². The van der Waals surface area contributed by atoms with Crippen LogP contribution in [-0.4, -0.2) is 23.9 Å². The molecule has 1 atom stereocenters. The fourth-order valence-corrected chi connectivity index (χ4v) is 1.43. The Kier molecular flexibility index (Phi) is 5.44. The summed E-state index contributed by atoms with van der Waals surface area (Å²) in [4.78, 5) is 11.7. The van der Waals surface area contributed by atoms with Crippen molar-refractivity contribution in [2.24, 2.45) is 10.8 Å². The molecule has 1 aromatic rings. The number of esters is 1. The Hall–Kier alpha value is -2.46. The minimum Gasteiger partial charge on any atom is -0.464 e. The van der Waals surface area contributed by atoms with Crippen molar-refractivity contribution in [2.75, 3.05) is 7.11 Å². The van der Waals surface area contributed by atoms with Gasteiger partial charge in [-0.1, -0.05) is 30.3 Å². The lowest BCUT2D eigenvalue weighted by molar-refractivity contribution is -0.132. The Labute approximate surface area is 115 Å². The van der Waals surface area contributed by atoms with Crippen molar-refractivity contribution < 1.29 is 9.53 Å². The van der Waals surface area contributed by atoms with Crippen molar-refractivity contribution in [3.05, 3.63) is 35.9 Å². The summed E-state index contributed by atoms with van der Waals surface area (Å²) in [6.07, 6.45) is 0. The van der Waals surface area contributed by atoms with Gasteiger partial charge in [-0.2, -0.15) is 10.4 Å². The van der Waals surface area contributed by atoms with Gasteiger partial charge < -0.3 is 10.5 Å². The molecule has 0 radical (unpaired) electrons. The molecule has 0 aliphatic rings. The van der Waals surface area contributed by atoms with E-state index in [1.807, 2.05) is 6.07 Å². The summed E-state index contributed by atoms with van der Waals surface area (Å²) in [7, 11) is 1.21. The summed E-state index contributed by atoms with van der Waals surface area (Å²) < 4.78 is 4.60. The number of nitrogens with zero attached hydrogens (tertiary/aromatic N) is 2. The molecule has 0 bridgehead atoms. The minimum absolute atomic E-state index is 0.105. The maximum absolute atomic E-state index is 11.7. The summed E-state index contributed by atoms with van der Waals surface area (Å²) in [6, 6.07) is 10.8. The van der Waals surface area contributed by atoms with E-state index < -0.39 is 11.9 Å². The van der Waals surface area contributed by atoms with E-state index in [1.165, 1.54) is 7.11 Å². The number of carbonyl (C=O) groups excluding carboxylic acids is 1. The number of carbonyl (C=O) groups is 1. The Morgan fingerprint density at radius 2 is 2.16 bits per heavy atom. The first-order chi connectivity index (χ1) is 9.10. The first kappa shape index (κ1) is 14.6. The maximum Gasteiger partial charge on any atom is 0.355 e. The number of nitrogens with one attached hydrogen (secondary N) is 1. The zero-order chi connectivity index (χ0) is 14.3. The SMILES string of the molecule is COC(=O)/C(=N\NC(N)=S)[C@H](C#N)c1ccccc1. The molecule has 1 rings (SSSR count). The fourth-order valence-electron chi connectivity index (χ4n) is 1.39. The number of ether oxygens (including phenoxy) is 1. The predicted octanol–water partition coefficient (Wildman–Crippen LogP) is 0.656. The Morgan fingerprint density at radius 3 is 2.63 bits per heavy atom. The average Bonchev–Trinajstić information content (AvgIpc) is 2.43. The maximum atomic E-state index is 11.7. The van der Waals surface area contributed by atoms with Crippen LogP contribution in [0.3, 0.4) is 0 Å². The molecule has 0 amide bonds. The van der Waals surface area contributed by atoms with Gasteiger partial charge in [-0.15, -0.1) is 0 Å². The minimum atomic E-state index is -0.865. The number of hydrogen-bond donors (Lipinski definition) is 2. The van der Waals surface area contributed by atoms with Crippen LogP contribution < -0.4 is 11.2 Å². The van der Waals surface area contributed by atoms with E-state index in [0.717, 1.165) is 0 Å². The number of hydrazone groups is 1. The summed E-state index contributed by atoms with van der Waals surface area (Å²) >= 11 is 4.60. The summed E-state index contributed by atoms with van der Waals surface area (Å²) in [5.74, 6) is -1.59. The smallest absolute Gasteiger partial charge is 0.355 e. The van der Waals surface area contributed by atoms with E-state index in [0.29, 0.717) is 5.56 Å². The molecule has 0 aromatic heterocycles. The second kappa shape index (κ2) is 7.08. The third kappa shape index (κ3) is 4.04. The monoisotopic (exact) mass is 276 g/mol. The topological polar surface area (TPSA) is 100 Å². The lowest BCUT2D eigenvalue weighted by Crippen LogP contribution is -2.30. The highest BCUT2D eigenvalue weighted by molar-refractivity contribution is 7.80. The molecule has 0 saturated heterocycles. The molecule has 19 heavy (non-hydrogen) atoms. The highest BCUT2D eigenvalue weighted by atomic mass is 32.1. The molecule has 0 fully saturated rings. The molecule has 0 unspecified atom stereocenters. The lowest BCUT2D eigenvalue weighted by atomic mass is 9.95. The molecule has 3 N–H and O–H groups in total. The first-order valence-electron chi connectivity index (χ1n) is 5.26. The van der Waals surface area contributed by atoms with Crippen molar-refractivity contribution in [2.45, 2.75) is 5.92 Å². The molecule has 0 aliphatic carbocycles. The van der Waals surface area contributed by atoms with E-state index in [2.05, 4.69) is 27.5 Å². The van der Waals surface area contributed by atoms with Crippen LogP contribution in [0.5, 0.6) is 0 Å². The second-order valence-electron chi connectivity index (χ2n) is 3.44. The van der Waals surface area contributed by atoms with Crippen LogP contribution in [0.4, 0.5) is 0 Å². The lowest BCUT2D eigenvalue weighted by Gasteiger charge is -2.11. The van der Waals surface area contributed by atoms with Gasteiger partial charge in [0.05, 0.1) is 13.2 Å². The number of methoxy groups -OCH3 is 1. The van der Waals surface area contributed by atoms with Gasteiger partial charge >= 0.3 is 5.97 Å². The molecule has 7 heteroatoms. The van der Waals surface area contributed by atoms with Crippen LogP contribution >= 0.6 is 12.2 Å². The summed E-state index contributed by atoms with van der Waals surface area (Å²) in [6.45, 7) is 0. The number of rotatable bonds is 4. The standard InChI is InChI=1S/C12H12N4O2S/c1-18-11(17)10(15-16-12(14)19)9(7-13)8-5-3-2-4-6-8/h2-6,9H,1H3,(H3,14,16,19)/b15-10-/t9-/m1/s1. The normalized spacial score (nSPS) is 12.1. The van der Waals surface area contributed by atoms with Crippen molar-refractivity contribution in [3.63, 3.8) is 0 Å². The van der Waals surface area contributed by atoms with Crippen molar-refractivity contribution in [1.29, 1.82) is 5.26 Å². The quantitative estimate of drug-likeness (QED) is 0.362. The van der Waals surface area contributed by atoms with Crippen LogP contribution in [-0.2, 0) is 9.53 Å². The van der Waals surface area contributed by atoms with E-state index in [-0.39, 0.29) is 10.8 Å². The molecule has 0 heterocycles. The van der Waals surface area contributed by atoms with Crippen LogP contribution in [0, 0.1) is 11.3 Å². The van der Waals surface area contributed by atoms with E-state index in [9.17, 15) is 10.1 Å². The molecule has 0 aliphatic heterocycles. The highest BCUT2D eigenvalue weighted by Gasteiger charge is 2.25.